The Hall–Kier alpha value is -0.380. The minimum absolute atomic E-state index is 0.137. The van der Waals surface area contributed by atoms with Gasteiger partial charge in [-0.25, -0.2) is 4.57 Å². The monoisotopic (exact) mass is 195 g/mol. The fraction of sp³-hybridized carbons (Fsp3) is 0.833. The maximum Gasteiger partial charge on any atom is 0.415 e. The molecule has 6 heteroatoms. The molecule has 1 amide bonds. The summed E-state index contributed by atoms with van der Waals surface area (Å²) in [6, 6.07) is 0. The summed E-state index contributed by atoms with van der Waals surface area (Å²) in [4.78, 5) is 19.6. The van der Waals surface area contributed by atoms with Crippen molar-refractivity contribution in [3.05, 3.63) is 0 Å². The summed E-state index contributed by atoms with van der Waals surface area (Å²) in [5, 5.41) is 2.06. The van der Waals surface area contributed by atoms with Crippen LogP contribution in [0.5, 0.6) is 0 Å². The fourth-order valence-corrected chi connectivity index (χ4v) is 1.31. The highest BCUT2D eigenvalue weighted by Crippen LogP contribution is 2.42. The van der Waals surface area contributed by atoms with Crippen molar-refractivity contribution < 1.29 is 18.8 Å². The van der Waals surface area contributed by atoms with Crippen LogP contribution in [0, 0.1) is 0 Å². The Morgan fingerprint density at radius 2 is 2.25 bits per heavy atom. The third-order valence-electron chi connectivity index (χ3n) is 1.23. The molecule has 1 unspecified atom stereocenters. The predicted octanol–water partition coefficient (Wildman–Crippen LogP) is 1.33. The zero-order valence-electron chi connectivity index (χ0n) is 7.24. The van der Waals surface area contributed by atoms with E-state index in [0.29, 0.717) is 6.42 Å². The van der Waals surface area contributed by atoms with Crippen molar-refractivity contribution in [2.75, 3.05) is 13.7 Å². The van der Waals surface area contributed by atoms with E-state index in [1.165, 1.54) is 7.05 Å². The number of rotatable bonds is 5. The van der Waals surface area contributed by atoms with Crippen molar-refractivity contribution in [3.63, 3.8) is 0 Å². The normalized spacial score (nSPS) is 15.2. The molecular weight excluding hydrogens is 181 g/mol. The van der Waals surface area contributed by atoms with Gasteiger partial charge in [-0.1, -0.05) is 13.3 Å². The van der Waals surface area contributed by atoms with E-state index in [1.807, 2.05) is 6.92 Å². The lowest BCUT2D eigenvalue weighted by molar-refractivity contribution is 0.229. The van der Waals surface area contributed by atoms with Crippen LogP contribution in [0.25, 0.3) is 0 Å². The maximum absolute atomic E-state index is 10.9. The summed E-state index contributed by atoms with van der Waals surface area (Å²) < 4.78 is 15.5. The van der Waals surface area contributed by atoms with Gasteiger partial charge in [0.25, 0.3) is 0 Å². The molecule has 0 radical (unpaired) electrons. The summed E-state index contributed by atoms with van der Waals surface area (Å²) in [6.07, 6.45) is 1.52. The molecule has 0 aliphatic carbocycles. The second kappa shape index (κ2) is 5.30. The van der Waals surface area contributed by atoms with E-state index in [1.54, 1.807) is 0 Å². The molecule has 72 valence electrons. The highest BCUT2D eigenvalue weighted by atomic mass is 31.2. The number of carbonyl (C=O) groups excluding carboxylic acids is 1. The van der Waals surface area contributed by atoms with Gasteiger partial charge in [-0.05, 0) is 6.42 Å². The topological polar surface area (TPSA) is 75.6 Å². The molecule has 0 bridgehead atoms. The lowest BCUT2D eigenvalue weighted by atomic mass is 10.4. The van der Waals surface area contributed by atoms with Crippen LogP contribution in [0.4, 0.5) is 4.79 Å². The van der Waals surface area contributed by atoms with Crippen molar-refractivity contribution in [2.24, 2.45) is 0 Å². The molecule has 0 saturated heterocycles. The van der Waals surface area contributed by atoms with Crippen molar-refractivity contribution in [1.29, 1.82) is 0 Å². The first-order chi connectivity index (χ1) is 5.54. The molecule has 0 rings (SSSR count). The number of carbonyl (C=O) groups is 1. The van der Waals surface area contributed by atoms with Crippen LogP contribution in [0.1, 0.15) is 19.8 Å². The molecule has 0 aliphatic heterocycles. The summed E-state index contributed by atoms with van der Waals surface area (Å²) in [6.45, 7) is 2.06. The van der Waals surface area contributed by atoms with Crippen LogP contribution < -0.4 is 5.32 Å². The standard InChI is InChI=1S/C6H14NO4P/c1-3-4-5-11-12(9,10)6(8)7-2/h3-5H2,1-2H3,(H,7,8)(H,9,10). The molecule has 0 aromatic heterocycles. The minimum atomic E-state index is -4.06. The van der Waals surface area contributed by atoms with Gasteiger partial charge in [-0.2, -0.15) is 0 Å². The first kappa shape index (κ1) is 11.6. The van der Waals surface area contributed by atoms with Crippen LogP contribution >= 0.6 is 7.60 Å². The van der Waals surface area contributed by atoms with Crippen molar-refractivity contribution >= 4 is 13.2 Å². The number of unbranched alkanes of at least 4 members (excludes halogenated alkanes) is 1. The highest BCUT2D eigenvalue weighted by Gasteiger charge is 2.28. The Labute approximate surface area is 71.6 Å². The summed E-state index contributed by atoms with van der Waals surface area (Å²) >= 11 is 0. The van der Waals surface area contributed by atoms with Crippen molar-refractivity contribution in [3.8, 4) is 0 Å². The van der Waals surface area contributed by atoms with Crippen LogP contribution in [0.2, 0.25) is 0 Å². The average Bonchev–Trinajstić information content (AvgIpc) is 2.03. The Kier molecular flexibility index (Phi) is 5.13. The van der Waals surface area contributed by atoms with E-state index in [4.69, 9.17) is 4.89 Å². The van der Waals surface area contributed by atoms with Crippen LogP contribution in [0.3, 0.4) is 0 Å². The smallest absolute Gasteiger partial charge is 0.349 e. The second-order valence-corrected chi connectivity index (χ2v) is 3.97. The quantitative estimate of drug-likeness (QED) is 0.512. The van der Waals surface area contributed by atoms with Gasteiger partial charge in [-0.3, -0.25) is 4.79 Å². The lowest BCUT2D eigenvalue weighted by Gasteiger charge is -2.08. The van der Waals surface area contributed by atoms with Crippen LogP contribution in [0.15, 0.2) is 0 Å². The van der Waals surface area contributed by atoms with E-state index >= 15 is 0 Å². The van der Waals surface area contributed by atoms with Gasteiger partial charge in [0.2, 0.25) is 0 Å². The Morgan fingerprint density at radius 3 is 2.67 bits per heavy atom. The second-order valence-electron chi connectivity index (χ2n) is 2.26. The number of nitrogens with one attached hydrogen (secondary N) is 1. The van der Waals surface area contributed by atoms with Crippen LogP contribution in [-0.2, 0) is 9.09 Å². The number of amides is 1. The molecule has 0 aromatic rings. The Balaban J connectivity index is 3.88. The molecule has 5 nitrogen and oxygen atoms in total. The lowest BCUT2D eigenvalue weighted by Crippen LogP contribution is -2.17. The molecule has 0 aromatic carbocycles. The summed E-state index contributed by atoms with van der Waals surface area (Å²) in [7, 11) is -2.78. The molecule has 12 heavy (non-hydrogen) atoms. The van der Waals surface area contributed by atoms with Gasteiger partial charge >= 0.3 is 13.2 Å². The van der Waals surface area contributed by atoms with E-state index in [9.17, 15) is 9.36 Å². The maximum atomic E-state index is 10.9. The number of hydrogen-bond donors (Lipinski definition) is 2. The SMILES string of the molecule is CCCCOP(=O)(O)C(=O)NC. The zero-order chi connectivity index (χ0) is 9.61. The van der Waals surface area contributed by atoms with Gasteiger partial charge in [-0.15, -0.1) is 0 Å². The molecule has 0 spiro atoms. The molecule has 1 atom stereocenters. The molecule has 0 fully saturated rings. The molecule has 0 aliphatic rings. The fourth-order valence-electron chi connectivity index (χ4n) is 0.533. The average molecular weight is 195 g/mol. The number of hydrogen-bond acceptors (Lipinski definition) is 3. The molecule has 0 heterocycles. The van der Waals surface area contributed by atoms with E-state index in [2.05, 4.69) is 9.84 Å². The van der Waals surface area contributed by atoms with Gasteiger partial charge in [0, 0.05) is 7.05 Å². The van der Waals surface area contributed by atoms with E-state index < -0.39 is 13.2 Å². The predicted molar refractivity (Wildman–Crippen MR) is 45.1 cm³/mol. The summed E-state index contributed by atoms with van der Waals surface area (Å²) in [5.41, 5.74) is -0.960. The Bertz CT molecular complexity index is 194. The summed E-state index contributed by atoms with van der Waals surface area (Å²) in [5.74, 6) is 0. The molecule has 2 N–H and O–H groups in total. The zero-order valence-corrected chi connectivity index (χ0v) is 8.13. The molecule has 0 saturated carbocycles. The third-order valence-corrected chi connectivity index (χ3v) is 2.50. The van der Waals surface area contributed by atoms with Gasteiger partial charge in [0.05, 0.1) is 6.61 Å². The van der Waals surface area contributed by atoms with Crippen molar-refractivity contribution in [2.45, 2.75) is 19.8 Å². The first-order valence-corrected chi connectivity index (χ1v) is 5.32. The molecular formula is C6H14NO4P. The van der Waals surface area contributed by atoms with Gasteiger partial charge < -0.3 is 14.7 Å². The highest BCUT2D eigenvalue weighted by molar-refractivity contribution is 7.70. The largest absolute Gasteiger partial charge is 0.415 e. The van der Waals surface area contributed by atoms with E-state index in [0.717, 1.165) is 6.42 Å². The minimum Gasteiger partial charge on any atom is -0.349 e. The van der Waals surface area contributed by atoms with Crippen LogP contribution in [-0.4, -0.2) is 24.2 Å². The van der Waals surface area contributed by atoms with Gasteiger partial charge in [0.1, 0.15) is 0 Å². The van der Waals surface area contributed by atoms with Gasteiger partial charge in [0.15, 0.2) is 0 Å². The van der Waals surface area contributed by atoms with Crippen molar-refractivity contribution in [1.82, 2.24) is 5.32 Å². The van der Waals surface area contributed by atoms with E-state index in [-0.39, 0.29) is 6.61 Å². The third kappa shape index (κ3) is 3.85. The Morgan fingerprint density at radius 1 is 1.67 bits per heavy atom. The first-order valence-electron chi connectivity index (χ1n) is 3.74.